The molecule has 3 rings (SSSR count). The SMILES string of the molecule is COc1ccc(F)cc1-c1ccc(C(=O)N2CCCC2(C)C)c(Cl)c1. The Morgan fingerprint density at radius 1 is 1.24 bits per heavy atom. The van der Waals surface area contributed by atoms with Gasteiger partial charge in [-0.25, -0.2) is 4.39 Å². The first-order valence-electron chi connectivity index (χ1n) is 8.29. The molecule has 0 radical (unpaired) electrons. The molecule has 1 heterocycles. The van der Waals surface area contributed by atoms with Crippen LogP contribution in [0.3, 0.4) is 0 Å². The summed E-state index contributed by atoms with van der Waals surface area (Å²) in [7, 11) is 1.53. The molecule has 5 heteroatoms. The minimum absolute atomic E-state index is 0.0646. The van der Waals surface area contributed by atoms with Crippen LogP contribution in [0.4, 0.5) is 4.39 Å². The molecule has 25 heavy (non-hydrogen) atoms. The zero-order valence-corrected chi connectivity index (χ0v) is 15.4. The van der Waals surface area contributed by atoms with E-state index < -0.39 is 0 Å². The molecular weight excluding hydrogens is 341 g/mol. The van der Waals surface area contributed by atoms with Gasteiger partial charge in [0.15, 0.2) is 0 Å². The van der Waals surface area contributed by atoms with Gasteiger partial charge in [-0.1, -0.05) is 17.7 Å². The Hall–Kier alpha value is -2.07. The third kappa shape index (κ3) is 3.36. The van der Waals surface area contributed by atoms with E-state index in [4.69, 9.17) is 16.3 Å². The van der Waals surface area contributed by atoms with Gasteiger partial charge >= 0.3 is 0 Å². The molecule has 0 atom stereocenters. The van der Waals surface area contributed by atoms with Gasteiger partial charge in [0, 0.05) is 17.6 Å². The van der Waals surface area contributed by atoms with Crippen LogP contribution < -0.4 is 4.74 Å². The Bertz CT molecular complexity index is 819. The summed E-state index contributed by atoms with van der Waals surface area (Å²) in [6.07, 6.45) is 1.98. The van der Waals surface area contributed by atoms with Gasteiger partial charge in [-0.05, 0) is 62.6 Å². The minimum Gasteiger partial charge on any atom is -0.496 e. The fourth-order valence-corrected chi connectivity index (χ4v) is 3.65. The highest BCUT2D eigenvalue weighted by molar-refractivity contribution is 6.34. The van der Waals surface area contributed by atoms with Gasteiger partial charge < -0.3 is 9.64 Å². The molecule has 0 saturated carbocycles. The number of carbonyl (C=O) groups is 1. The largest absolute Gasteiger partial charge is 0.496 e. The summed E-state index contributed by atoms with van der Waals surface area (Å²) in [4.78, 5) is 14.7. The fourth-order valence-electron chi connectivity index (χ4n) is 3.39. The molecule has 1 amide bonds. The number of amides is 1. The van der Waals surface area contributed by atoms with E-state index in [9.17, 15) is 9.18 Å². The molecule has 0 spiro atoms. The van der Waals surface area contributed by atoms with Gasteiger partial charge in [0.25, 0.3) is 5.91 Å². The number of methoxy groups -OCH3 is 1. The Balaban J connectivity index is 1.97. The van der Waals surface area contributed by atoms with Crippen molar-refractivity contribution in [2.75, 3.05) is 13.7 Å². The Morgan fingerprint density at radius 2 is 2.00 bits per heavy atom. The van der Waals surface area contributed by atoms with E-state index in [0.717, 1.165) is 19.4 Å². The van der Waals surface area contributed by atoms with Crippen molar-refractivity contribution in [3.05, 3.63) is 52.8 Å². The Morgan fingerprint density at radius 3 is 2.60 bits per heavy atom. The number of ether oxygens (including phenoxy) is 1. The number of benzene rings is 2. The molecule has 1 aliphatic heterocycles. The van der Waals surface area contributed by atoms with Crippen molar-refractivity contribution in [1.29, 1.82) is 0 Å². The van der Waals surface area contributed by atoms with Crippen LogP contribution in [0.5, 0.6) is 5.75 Å². The lowest BCUT2D eigenvalue weighted by molar-refractivity contribution is 0.0652. The summed E-state index contributed by atoms with van der Waals surface area (Å²) in [5, 5.41) is 0.358. The standard InChI is InChI=1S/C20H21ClFNO2/c1-20(2)9-4-10-23(20)19(24)15-7-5-13(11-17(15)21)16-12-14(22)6-8-18(16)25-3/h5-8,11-12H,4,9-10H2,1-3H3. The maximum atomic E-state index is 13.6. The molecule has 132 valence electrons. The second-order valence-electron chi connectivity index (χ2n) is 6.91. The van der Waals surface area contributed by atoms with Gasteiger partial charge in [0.05, 0.1) is 17.7 Å². The van der Waals surface area contributed by atoms with Crippen molar-refractivity contribution in [2.24, 2.45) is 0 Å². The lowest BCUT2D eigenvalue weighted by Crippen LogP contribution is -2.42. The van der Waals surface area contributed by atoms with Crippen LogP contribution in [0.15, 0.2) is 36.4 Å². The molecule has 0 N–H and O–H groups in total. The number of hydrogen-bond acceptors (Lipinski definition) is 2. The average Bonchev–Trinajstić information content (AvgIpc) is 2.93. The highest BCUT2D eigenvalue weighted by Gasteiger charge is 2.36. The molecule has 3 nitrogen and oxygen atoms in total. The molecule has 1 aliphatic rings. The zero-order chi connectivity index (χ0) is 18.2. The average molecular weight is 362 g/mol. The minimum atomic E-state index is -0.356. The van der Waals surface area contributed by atoms with E-state index in [1.807, 2.05) is 4.90 Å². The molecule has 1 fully saturated rings. The molecule has 0 bridgehead atoms. The van der Waals surface area contributed by atoms with Gasteiger partial charge in [-0.15, -0.1) is 0 Å². The molecule has 1 saturated heterocycles. The summed E-state index contributed by atoms with van der Waals surface area (Å²) in [6, 6.07) is 9.49. The number of rotatable bonds is 3. The molecule has 2 aromatic carbocycles. The quantitative estimate of drug-likeness (QED) is 0.754. The molecular formula is C20H21ClFNO2. The summed E-state index contributed by atoms with van der Waals surface area (Å²) in [6.45, 7) is 4.87. The van der Waals surface area contributed by atoms with Crippen molar-refractivity contribution < 1.29 is 13.9 Å². The predicted molar refractivity (Wildman–Crippen MR) is 97.7 cm³/mol. The van der Waals surface area contributed by atoms with Crippen molar-refractivity contribution in [1.82, 2.24) is 4.90 Å². The lowest BCUT2D eigenvalue weighted by Gasteiger charge is -2.32. The molecule has 2 aromatic rings. The normalized spacial score (nSPS) is 16.1. The van der Waals surface area contributed by atoms with Crippen molar-refractivity contribution in [3.63, 3.8) is 0 Å². The number of carbonyl (C=O) groups excluding carboxylic acids is 1. The fraction of sp³-hybridized carbons (Fsp3) is 0.350. The second-order valence-corrected chi connectivity index (χ2v) is 7.32. The summed E-state index contributed by atoms with van der Waals surface area (Å²) in [5.74, 6) is 0.133. The van der Waals surface area contributed by atoms with Crippen LogP contribution >= 0.6 is 11.6 Å². The van der Waals surface area contributed by atoms with Crippen LogP contribution in [0.1, 0.15) is 37.0 Å². The van der Waals surface area contributed by atoms with Gasteiger partial charge in [0.1, 0.15) is 11.6 Å². The first-order valence-corrected chi connectivity index (χ1v) is 8.67. The Labute approximate surface area is 152 Å². The summed E-state index contributed by atoms with van der Waals surface area (Å²) < 4.78 is 18.9. The molecule has 0 aromatic heterocycles. The topological polar surface area (TPSA) is 29.5 Å². The van der Waals surface area contributed by atoms with E-state index in [0.29, 0.717) is 27.5 Å². The highest BCUT2D eigenvalue weighted by Crippen LogP contribution is 2.35. The number of nitrogens with zero attached hydrogens (tertiary/aromatic N) is 1. The maximum Gasteiger partial charge on any atom is 0.255 e. The van der Waals surface area contributed by atoms with Crippen LogP contribution in [-0.4, -0.2) is 30.0 Å². The van der Waals surface area contributed by atoms with E-state index in [1.165, 1.54) is 19.2 Å². The van der Waals surface area contributed by atoms with Crippen LogP contribution in [-0.2, 0) is 0 Å². The third-order valence-electron chi connectivity index (χ3n) is 4.82. The van der Waals surface area contributed by atoms with Crippen LogP contribution in [0.2, 0.25) is 5.02 Å². The predicted octanol–water partition coefficient (Wildman–Crippen LogP) is 5.17. The second kappa shape index (κ2) is 6.68. The van der Waals surface area contributed by atoms with Crippen molar-refractivity contribution in [2.45, 2.75) is 32.2 Å². The number of hydrogen-bond donors (Lipinski definition) is 0. The lowest BCUT2D eigenvalue weighted by atomic mass is 9.99. The third-order valence-corrected chi connectivity index (χ3v) is 5.13. The summed E-state index contributed by atoms with van der Waals surface area (Å²) >= 11 is 6.40. The molecule has 0 aliphatic carbocycles. The number of likely N-dealkylation sites (tertiary alicyclic amines) is 1. The van der Waals surface area contributed by atoms with E-state index in [-0.39, 0.29) is 17.3 Å². The first kappa shape index (κ1) is 17.7. The van der Waals surface area contributed by atoms with E-state index in [1.54, 1.807) is 24.3 Å². The maximum absolute atomic E-state index is 13.6. The van der Waals surface area contributed by atoms with Gasteiger partial charge in [0.2, 0.25) is 0 Å². The van der Waals surface area contributed by atoms with Crippen LogP contribution in [0, 0.1) is 5.82 Å². The smallest absolute Gasteiger partial charge is 0.255 e. The van der Waals surface area contributed by atoms with Gasteiger partial charge in [-0.3, -0.25) is 4.79 Å². The van der Waals surface area contributed by atoms with Crippen molar-refractivity contribution in [3.8, 4) is 16.9 Å². The van der Waals surface area contributed by atoms with E-state index >= 15 is 0 Å². The highest BCUT2D eigenvalue weighted by atomic mass is 35.5. The monoisotopic (exact) mass is 361 g/mol. The van der Waals surface area contributed by atoms with Crippen LogP contribution in [0.25, 0.3) is 11.1 Å². The van der Waals surface area contributed by atoms with Crippen molar-refractivity contribution >= 4 is 17.5 Å². The molecule has 0 unspecified atom stereocenters. The van der Waals surface area contributed by atoms with Gasteiger partial charge in [-0.2, -0.15) is 0 Å². The zero-order valence-electron chi connectivity index (χ0n) is 14.6. The number of halogens is 2. The Kier molecular flexibility index (Phi) is 4.74. The summed E-state index contributed by atoms with van der Waals surface area (Å²) in [5.41, 5.74) is 1.62. The first-order chi connectivity index (χ1) is 11.8. The van der Waals surface area contributed by atoms with E-state index in [2.05, 4.69) is 13.8 Å².